The number of fused-ring (bicyclic) bond motifs is 6. The molecule has 1 N–H and O–H groups in total. The number of nitrogens with one attached hydrogen (secondary N) is 1. The molecule has 0 bridgehead atoms. The summed E-state index contributed by atoms with van der Waals surface area (Å²) in [5.41, 5.74) is 4.74. The van der Waals surface area contributed by atoms with Crippen LogP contribution in [0.1, 0.15) is 90.0 Å². The van der Waals surface area contributed by atoms with Crippen LogP contribution >= 0.6 is 23.2 Å². The Kier molecular flexibility index (Phi) is 10.9. The molecule has 2 aliphatic heterocycles. The molecule has 1 saturated heterocycles. The summed E-state index contributed by atoms with van der Waals surface area (Å²) in [5.74, 6) is 3.79. The molecule has 2 aromatic carbocycles. The maximum absolute atomic E-state index is 12.4. The Balaban J connectivity index is 0.000000169. The van der Waals surface area contributed by atoms with Gasteiger partial charge in [-0.15, -0.1) is 0 Å². The van der Waals surface area contributed by atoms with E-state index in [1.54, 1.807) is 0 Å². The number of halogens is 2. The number of carbonyl (C=O) groups is 3. The van der Waals surface area contributed by atoms with Crippen LogP contribution in [-0.2, 0) is 20.8 Å². The van der Waals surface area contributed by atoms with Gasteiger partial charge in [-0.2, -0.15) is 0 Å². The Hall–Kier alpha value is -2.87. The first-order chi connectivity index (χ1) is 24.5. The zero-order valence-corrected chi connectivity index (χ0v) is 31.8. The van der Waals surface area contributed by atoms with Crippen LogP contribution in [0.3, 0.4) is 0 Å². The summed E-state index contributed by atoms with van der Waals surface area (Å²) in [7, 11) is 0. The van der Waals surface area contributed by atoms with Gasteiger partial charge in [0.15, 0.2) is 5.78 Å². The molecule has 0 radical (unpaired) electrons. The summed E-state index contributed by atoms with van der Waals surface area (Å²) in [5, 5.41) is 4.18. The van der Waals surface area contributed by atoms with Crippen LogP contribution in [-0.4, -0.2) is 61.7 Å². The molecular formula is C42H53Cl2N3O4. The lowest BCUT2D eigenvalue weighted by atomic mass is 9.47. The highest BCUT2D eigenvalue weighted by Crippen LogP contribution is 2.64. The Bertz CT molecular complexity index is 1690. The minimum Gasteiger partial charge on any atom is -0.494 e. The van der Waals surface area contributed by atoms with Crippen LogP contribution in [0.5, 0.6) is 5.75 Å². The maximum atomic E-state index is 12.4. The number of Topliss-reactive ketones (excluding diaryl/α,β-unsaturated/α-hetero) is 1. The average molecular weight is 735 g/mol. The molecule has 0 aromatic heterocycles. The molecular weight excluding hydrogens is 681 g/mol. The molecule has 0 spiro atoms. The summed E-state index contributed by atoms with van der Waals surface area (Å²) in [6.45, 7) is 10.4. The molecule has 4 aliphatic carbocycles. The molecule has 2 aromatic rings. The normalized spacial score (nSPS) is 30.2. The van der Waals surface area contributed by atoms with Crippen molar-refractivity contribution in [2.24, 2.45) is 28.6 Å². The van der Waals surface area contributed by atoms with E-state index in [1.807, 2.05) is 36.4 Å². The van der Waals surface area contributed by atoms with Crippen LogP contribution in [0.4, 0.5) is 11.4 Å². The fraction of sp³-hybridized carbons (Fsp3) is 0.595. The van der Waals surface area contributed by atoms with Crippen LogP contribution in [0, 0.1) is 28.6 Å². The highest BCUT2D eigenvalue weighted by atomic mass is 35.5. The standard InChI is InChI=1S/C23H27Cl2N3O2.C19H26O2/c24-19-4-3-5-21(23(19)25)28-13-11-27(12-14-28)10-1-2-15-30-18-8-6-17-7-9-22(29)26-20(17)16-18;1-18-9-7-13(20)11-12(18)3-4-14-15-5-6-17(21)19(15,2)10-8-16(14)18/h3-6,8,16H,1-2,7,9-15H2,(H,26,29);11,14-16H,3-10H2,1-2H3/t;14-,15-,16-,18-,19-/m.0/s1. The number of ether oxygens (including phenoxy) is 1. The van der Waals surface area contributed by atoms with Gasteiger partial charge in [-0.3, -0.25) is 19.3 Å². The van der Waals surface area contributed by atoms with E-state index < -0.39 is 0 Å². The minimum absolute atomic E-state index is 0.0246. The Morgan fingerprint density at radius 2 is 1.65 bits per heavy atom. The quantitative estimate of drug-likeness (QED) is 0.287. The highest BCUT2D eigenvalue weighted by molar-refractivity contribution is 6.43. The van der Waals surface area contributed by atoms with Gasteiger partial charge in [0.2, 0.25) is 5.91 Å². The van der Waals surface area contributed by atoms with E-state index >= 15 is 0 Å². The van der Waals surface area contributed by atoms with Gasteiger partial charge in [0.1, 0.15) is 11.5 Å². The zero-order chi connectivity index (χ0) is 35.8. The number of hydrogen-bond acceptors (Lipinski definition) is 6. The number of benzene rings is 2. The van der Waals surface area contributed by atoms with Crippen LogP contribution < -0.4 is 15.0 Å². The van der Waals surface area contributed by atoms with Crippen LogP contribution in [0.25, 0.3) is 0 Å². The van der Waals surface area contributed by atoms with Crippen molar-refractivity contribution < 1.29 is 19.1 Å². The van der Waals surface area contributed by atoms with E-state index in [0.29, 0.717) is 52.4 Å². The fourth-order valence-electron chi connectivity index (χ4n) is 10.3. The number of nitrogens with zero attached hydrogens (tertiary/aromatic N) is 2. The number of amides is 1. The Morgan fingerprint density at radius 1 is 0.843 bits per heavy atom. The predicted octanol–water partition coefficient (Wildman–Crippen LogP) is 8.95. The second kappa shape index (κ2) is 15.2. The van der Waals surface area contributed by atoms with Gasteiger partial charge in [-0.25, -0.2) is 0 Å². The van der Waals surface area contributed by atoms with E-state index in [2.05, 4.69) is 35.0 Å². The molecule has 5 atom stereocenters. The summed E-state index contributed by atoms with van der Waals surface area (Å²) in [6.07, 6.45) is 13.7. The van der Waals surface area contributed by atoms with Crippen molar-refractivity contribution in [2.45, 2.75) is 90.9 Å². The van der Waals surface area contributed by atoms with Crippen molar-refractivity contribution in [1.82, 2.24) is 4.90 Å². The largest absolute Gasteiger partial charge is 0.494 e. The van der Waals surface area contributed by atoms with E-state index in [0.717, 1.165) is 108 Å². The second-order valence-electron chi connectivity index (χ2n) is 16.2. The van der Waals surface area contributed by atoms with Gasteiger partial charge in [0.05, 0.1) is 22.3 Å². The van der Waals surface area contributed by atoms with Crippen molar-refractivity contribution in [3.63, 3.8) is 0 Å². The maximum Gasteiger partial charge on any atom is 0.224 e. The highest BCUT2D eigenvalue weighted by Gasteiger charge is 2.58. The first-order valence-corrected chi connectivity index (χ1v) is 20.0. The predicted molar refractivity (Wildman–Crippen MR) is 205 cm³/mol. The molecule has 1 amide bonds. The molecule has 8 rings (SSSR count). The third kappa shape index (κ3) is 7.50. The molecule has 7 nitrogen and oxygen atoms in total. The average Bonchev–Trinajstić information content (AvgIpc) is 3.43. The van der Waals surface area contributed by atoms with Crippen LogP contribution in [0.2, 0.25) is 10.0 Å². The second-order valence-corrected chi connectivity index (χ2v) is 17.0. The summed E-state index contributed by atoms with van der Waals surface area (Å²) < 4.78 is 5.89. The topological polar surface area (TPSA) is 79.0 Å². The number of rotatable bonds is 7. The first-order valence-electron chi connectivity index (χ1n) is 19.3. The molecule has 3 saturated carbocycles. The van der Waals surface area contributed by atoms with Crippen LogP contribution in [0.15, 0.2) is 48.0 Å². The van der Waals surface area contributed by atoms with Gasteiger partial charge in [0.25, 0.3) is 0 Å². The molecule has 6 aliphatic rings. The molecule has 2 heterocycles. The molecule has 51 heavy (non-hydrogen) atoms. The number of piperazine rings is 1. The van der Waals surface area contributed by atoms with E-state index in [-0.39, 0.29) is 16.7 Å². The molecule has 274 valence electrons. The number of unbranched alkanes of at least 4 members (excludes halogenated alkanes) is 1. The number of anilines is 2. The summed E-state index contributed by atoms with van der Waals surface area (Å²) >= 11 is 12.5. The van der Waals surface area contributed by atoms with Crippen molar-refractivity contribution in [1.29, 1.82) is 0 Å². The molecule has 0 unspecified atom stereocenters. The van der Waals surface area contributed by atoms with Crippen molar-refractivity contribution in [3.05, 3.63) is 63.7 Å². The number of ketones is 2. The van der Waals surface area contributed by atoms with Gasteiger partial charge < -0.3 is 15.0 Å². The van der Waals surface area contributed by atoms with Crippen molar-refractivity contribution in [2.75, 3.05) is 49.5 Å². The molecule has 4 fully saturated rings. The Labute approximate surface area is 313 Å². The van der Waals surface area contributed by atoms with Crippen molar-refractivity contribution in [3.8, 4) is 5.75 Å². The monoisotopic (exact) mass is 733 g/mol. The zero-order valence-electron chi connectivity index (χ0n) is 30.3. The SMILES string of the molecule is C[C@]12CCC(=O)C=C1CC[C@@H]1[C@@H]2CC[C@]2(C)C(=O)CC[C@@H]12.O=C1CCc2ccc(OCCCCN3CCN(c4cccc(Cl)c4Cl)CC3)cc2N1. The lowest BCUT2D eigenvalue weighted by Crippen LogP contribution is -2.50. The van der Waals surface area contributed by atoms with E-state index in [4.69, 9.17) is 27.9 Å². The van der Waals surface area contributed by atoms with E-state index in [1.165, 1.54) is 24.0 Å². The van der Waals surface area contributed by atoms with Crippen molar-refractivity contribution >= 4 is 52.1 Å². The van der Waals surface area contributed by atoms with Gasteiger partial charge in [-0.05, 0) is 117 Å². The number of hydrogen-bond donors (Lipinski definition) is 1. The lowest BCUT2D eigenvalue weighted by Gasteiger charge is -2.56. The summed E-state index contributed by atoms with van der Waals surface area (Å²) in [6, 6.07) is 11.8. The van der Waals surface area contributed by atoms with Gasteiger partial charge in [0, 0.05) is 62.6 Å². The number of aryl methyl sites for hydroxylation is 1. The first kappa shape index (κ1) is 36.5. The minimum atomic E-state index is -0.0246. The third-order valence-electron chi connectivity index (χ3n) is 13.4. The third-order valence-corrected chi connectivity index (χ3v) is 14.2. The van der Waals surface area contributed by atoms with Gasteiger partial charge in [-0.1, -0.05) is 54.8 Å². The smallest absolute Gasteiger partial charge is 0.224 e. The fourth-order valence-corrected chi connectivity index (χ4v) is 10.8. The van der Waals surface area contributed by atoms with E-state index in [9.17, 15) is 14.4 Å². The lowest BCUT2D eigenvalue weighted by molar-refractivity contribution is -0.132. The Morgan fingerprint density at radius 3 is 2.47 bits per heavy atom. The number of carbonyl (C=O) groups excluding carboxylic acids is 3. The summed E-state index contributed by atoms with van der Waals surface area (Å²) in [4.78, 5) is 40.5. The molecule has 9 heteroatoms. The van der Waals surface area contributed by atoms with Gasteiger partial charge >= 0.3 is 0 Å². The number of allylic oxidation sites excluding steroid dienone is 1.